The van der Waals surface area contributed by atoms with Crippen molar-refractivity contribution >= 4 is 34.4 Å². The molecule has 1 fully saturated rings. The highest BCUT2D eigenvalue weighted by atomic mass is 32.2. The zero-order valence-corrected chi connectivity index (χ0v) is 16.6. The van der Waals surface area contributed by atoms with Crippen LogP contribution >= 0.6 is 11.8 Å². The number of allylic oxidation sites excluding steroid dienone is 1. The summed E-state index contributed by atoms with van der Waals surface area (Å²) in [5.41, 5.74) is 3.13. The van der Waals surface area contributed by atoms with Gasteiger partial charge >= 0.3 is 0 Å². The van der Waals surface area contributed by atoms with E-state index in [4.69, 9.17) is 4.98 Å². The molecule has 4 rings (SSSR count). The fraction of sp³-hybridized carbons (Fsp3) is 0.455. The first-order valence-corrected chi connectivity index (χ1v) is 11.2. The highest BCUT2D eigenvalue weighted by molar-refractivity contribution is 7.99. The van der Waals surface area contributed by atoms with Crippen LogP contribution in [0.4, 0.5) is 5.82 Å². The molecule has 0 radical (unpaired) electrons. The number of para-hydroxylation sites is 1. The number of carbonyl (C=O) groups excluding carboxylic acids is 1. The largest absolute Gasteiger partial charge is 0.355 e. The molecule has 5 heteroatoms. The van der Waals surface area contributed by atoms with Gasteiger partial charge in [-0.05, 0) is 44.2 Å². The number of rotatable bonds is 5. The van der Waals surface area contributed by atoms with Gasteiger partial charge in [0.25, 0.3) is 5.91 Å². The van der Waals surface area contributed by atoms with Crippen LogP contribution in [0.5, 0.6) is 0 Å². The van der Waals surface area contributed by atoms with E-state index in [1.165, 1.54) is 31.3 Å². The summed E-state index contributed by atoms with van der Waals surface area (Å²) in [4.78, 5) is 20.1. The molecule has 0 unspecified atom stereocenters. The van der Waals surface area contributed by atoms with Gasteiger partial charge in [0.1, 0.15) is 5.82 Å². The summed E-state index contributed by atoms with van der Waals surface area (Å²) in [6.07, 6.45) is 8.28. The number of hydrogen-bond acceptors (Lipinski definition) is 4. The second-order valence-corrected chi connectivity index (χ2v) is 8.48. The number of nitrogens with zero attached hydrogens (tertiary/aromatic N) is 2. The number of aromatic nitrogens is 1. The highest BCUT2D eigenvalue weighted by Gasteiger charge is 2.18. The molecule has 0 spiro atoms. The molecule has 1 saturated heterocycles. The Hall–Kier alpha value is -2.01. The van der Waals surface area contributed by atoms with Crippen LogP contribution in [-0.4, -0.2) is 42.0 Å². The summed E-state index contributed by atoms with van der Waals surface area (Å²) >= 11 is 1.98. The fourth-order valence-electron chi connectivity index (χ4n) is 3.87. The van der Waals surface area contributed by atoms with E-state index in [9.17, 15) is 4.79 Å². The number of carbonyl (C=O) groups is 1. The quantitative estimate of drug-likeness (QED) is 0.780. The first-order chi connectivity index (χ1) is 13.3. The Bertz CT molecular complexity index is 843. The Morgan fingerprint density at radius 2 is 2.04 bits per heavy atom. The van der Waals surface area contributed by atoms with Crippen LogP contribution in [0.3, 0.4) is 0 Å². The zero-order valence-electron chi connectivity index (χ0n) is 15.7. The molecule has 1 aliphatic carbocycles. The van der Waals surface area contributed by atoms with E-state index in [-0.39, 0.29) is 5.91 Å². The molecule has 142 valence electrons. The summed E-state index contributed by atoms with van der Waals surface area (Å²) in [5, 5.41) is 4.07. The lowest BCUT2D eigenvalue weighted by Crippen LogP contribution is -2.33. The molecule has 0 bridgehead atoms. The molecule has 1 N–H and O–H groups in total. The predicted molar refractivity (Wildman–Crippen MR) is 115 cm³/mol. The number of fused-ring (bicyclic) bond motifs is 1. The Kier molecular flexibility index (Phi) is 5.97. The molecule has 0 atom stereocenters. The van der Waals surface area contributed by atoms with Gasteiger partial charge < -0.3 is 10.2 Å². The van der Waals surface area contributed by atoms with E-state index in [0.717, 1.165) is 53.3 Å². The van der Waals surface area contributed by atoms with Gasteiger partial charge in [-0.3, -0.25) is 4.79 Å². The predicted octanol–water partition coefficient (Wildman–Crippen LogP) is 4.41. The van der Waals surface area contributed by atoms with Crippen LogP contribution in [0, 0.1) is 0 Å². The molecule has 1 aliphatic heterocycles. The maximum Gasteiger partial charge on any atom is 0.252 e. The molecule has 27 heavy (non-hydrogen) atoms. The first-order valence-electron chi connectivity index (χ1n) is 10.00. The molecule has 4 nitrogen and oxygen atoms in total. The first kappa shape index (κ1) is 18.4. The topological polar surface area (TPSA) is 45.2 Å². The van der Waals surface area contributed by atoms with Crippen molar-refractivity contribution in [2.24, 2.45) is 0 Å². The second-order valence-electron chi connectivity index (χ2n) is 7.26. The fourth-order valence-corrected chi connectivity index (χ4v) is 4.77. The number of pyridine rings is 1. The SMILES string of the molecule is O=C(NCCC1=CCCCC1)c1cc(N2CCSCC2)nc2ccccc12. The van der Waals surface area contributed by atoms with Gasteiger partial charge in [-0.15, -0.1) is 0 Å². The van der Waals surface area contributed by atoms with E-state index in [0.29, 0.717) is 6.54 Å². The normalized spacial score (nSPS) is 17.6. The number of benzene rings is 1. The molecular formula is C22H27N3OS. The lowest BCUT2D eigenvalue weighted by molar-refractivity contribution is 0.0955. The number of thioether (sulfide) groups is 1. The third kappa shape index (κ3) is 4.46. The Labute approximate surface area is 165 Å². The molecule has 2 aliphatic rings. The Balaban J connectivity index is 1.53. The maximum absolute atomic E-state index is 13.0. The van der Waals surface area contributed by atoms with Gasteiger partial charge in [0.2, 0.25) is 0 Å². The average molecular weight is 382 g/mol. The molecule has 0 saturated carbocycles. The molecule has 1 amide bonds. The summed E-state index contributed by atoms with van der Waals surface area (Å²) in [6, 6.07) is 9.94. The summed E-state index contributed by atoms with van der Waals surface area (Å²) < 4.78 is 0. The van der Waals surface area contributed by atoms with Crippen LogP contribution in [0.2, 0.25) is 0 Å². The van der Waals surface area contributed by atoms with Crippen molar-refractivity contribution in [3.05, 3.63) is 47.5 Å². The van der Waals surface area contributed by atoms with E-state index >= 15 is 0 Å². The third-order valence-corrected chi connectivity index (χ3v) is 6.34. The summed E-state index contributed by atoms with van der Waals surface area (Å²) in [7, 11) is 0. The summed E-state index contributed by atoms with van der Waals surface area (Å²) in [6.45, 7) is 2.69. The molecular weight excluding hydrogens is 354 g/mol. The number of amides is 1. The summed E-state index contributed by atoms with van der Waals surface area (Å²) in [5.74, 6) is 3.17. The molecule has 1 aromatic heterocycles. The lowest BCUT2D eigenvalue weighted by atomic mass is 9.97. The monoisotopic (exact) mass is 381 g/mol. The minimum absolute atomic E-state index is 0.0117. The van der Waals surface area contributed by atoms with Crippen molar-refractivity contribution in [1.82, 2.24) is 10.3 Å². The number of hydrogen-bond donors (Lipinski definition) is 1. The smallest absolute Gasteiger partial charge is 0.252 e. The van der Waals surface area contributed by atoms with E-state index < -0.39 is 0 Å². The van der Waals surface area contributed by atoms with Crippen molar-refractivity contribution < 1.29 is 4.79 Å². The van der Waals surface area contributed by atoms with Crippen LogP contribution in [0.25, 0.3) is 10.9 Å². The van der Waals surface area contributed by atoms with Crippen LogP contribution in [0.15, 0.2) is 42.0 Å². The Morgan fingerprint density at radius 1 is 1.19 bits per heavy atom. The van der Waals surface area contributed by atoms with E-state index in [1.807, 2.05) is 42.1 Å². The van der Waals surface area contributed by atoms with Gasteiger partial charge in [0, 0.05) is 36.5 Å². The van der Waals surface area contributed by atoms with Crippen molar-refractivity contribution in [2.75, 3.05) is 36.0 Å². The van der Waals surface area contributed by atoms with Gasteiger partial charge in [-0.2, -0.15) is 11.8 Å². The highest BCUT2D eigenvalue weighted by Crippen LogP contribution is 2.25. The van der Waals surface area contributed by atoms with Crippen molar-refractivity contribution in [3.63, 3.8) is 0 Å². The molecule has 1 aromatic carbocycles. The van der Waals surface area contributed by atoms with Gasteiger partial charge in [0.05, 0.1) is 11.1 Å². The minimum Gasteiger partial charge on any atom is -0.355 e. The zero-order chi connectivity index (χ0) is 18.5. The van der Waals surface area contributed by atoms with Gasteiger partial charge in [-0.1, -0.05) is 29.8 Å². The third-order valence-electron chi connectivity index (χ3n) is 5.40. The van der Waals surface area contributed by atoms with Crippen LogP contribution in [-0.2, 0) is 0 Å². The van der Waals surface area contributed by atoms with Crippen molar-refractivity contribution in [1.29, 1.82) is 0 Å². The second kappa shape index (κ2) is 8.79. The lowest BCUT2D eigenvalue weighted by Gasteiger charge is -2.28. The van der Waals surface area contributed by atoms with Crippen molar-refractivity contribution in [2.45, 2.75) is 32.1 Å². The maximum atomic E-state index is 13.0. The standard InChI is InChI=1S/C22H27N3OS/c26-22(23-11-10-17-6-2-1-3-7-17)19-16-21(25-12-14-27-15-13-25)24-20-9-5-4-8-18(19)20/h4-6,8-9,16H,1-3,7,10-15H2,(H,23,26). The van der Waals surface area contributed by atoms with Gasteiger partial charge in [-0.25, -0.2) is 4.98 Å². The van der Waals surface area contributed by atoms with Crippen molar-refractivity contribution in [3.8, 4) is 0 Å². The van der Waals surface area contributed by atoms with Gasteiger partial charge in [0.15, 0.2) is 0 Å². The van der Waals surface area contributed by atoms with E-state index in [1.54, 1.807) is 0 Å². The van der Waals surface area contributed by atoms with Crippen LogP contribution in [0.1, 0.15) is 42.5 Å². The minimum atomic E-state index is 0.0117. The van der Waals surface area contributed by atoms with Crippen LogP contribution < -0.4 is 10.2 Å². The number of nitrogens with one attached hydrogen (secondary N) is 1. The molecule has 2 heterocycles. The number of anilines is 1. The van der Waals surface area contributed by atoms with E-state index in [2.05, 4.69) is 16.3 Å². The Morgan fingerprint density at radius 3 is 2.85 bits per heavy atom. The average Bonchev–Trinajstić information content (AvgIpc) is 2.74. The molecule has 2 aromatic rings.